The predicted octanol–water partition coefficient (Wildman–Crippen LogP) is 3.10. The van der Waals surface area contributed by atoms with Crippen molar-refractivity contribution in [1.82, 2.24) is 15.6 Å². The van der Waals surface area contributed by atoms with Gasteiger partial charge >= 0.3 is 5.97 Å². The number of nitrogens with zero attached hydrogens (tertiary/aromatic N) is 1. The van der Waals surface area contributed by atoms with Crippen LogP contribution in [0.3, 0.4) is 0 Å². The number of thiazole rings is 1. The third kappa shape index (κ3) is 7.29. The number of para-hydroxylation sites is 1. The first-order valence-electron chi connectivity index (χ1n) is 11.7. The van der Waals surface area contributed by atoms with Gasteiger partial charge in [-0.15, -0.1) is 22.7 Å². The van der Waals surface area contributed by atoms with Crippen molar-refractivity contribution in [3.63, 3.8) is 0 Å². The maximum absolute atomic E-state index is 12.7. The fourth-order valence-corrected chi connectivity index (χ4v) is 6.11. The lowest BCUT2D eigenvalue weighted by atomic mass is 10.0. The van der Waals surface area contributed by atoms with Crippen molar-refractivity contribution >= 4 is 49.8 Å². The Morgan fingerprint density at radius 2 is 1.89 bits per heavy atom. The largest absolute Gasteiger partial charge is 0.481 e. The summed E-state index contributed by atoms with van der Waals surface area (Å²) < 4.78 is 11.7. The smallest absolute Gasteiger partial charge is 0.305 e. The number of ether oxygens (including phenoxy) is 2. The van der Waals surface area contributed by atoms with Gasteiger partial charge < -0.3 is 30.5 Å². The molecule has 4 N–H and O–H groups in total. The molecule has 0 fully saturated rings. The normalized spacial score (nSPS) is 13.1. The molecule has 0 spiro atoms. The number of carbonyl (C=O) groups is 2. The number of thiophene rings is 1. The van der Waals surface area contributed by atoms with Crippen LogP contribution in [-0.4, -0.2) is 68.0 Å². The highest BCUT2D eigenvalue weighted by atomic mass is 32.1. The number of fused-ring (bicyclic) bond motifs is 2. The summed E-state index contributed by atoms with van der Waals surface area (Å²) in [6, 6.07) is 8.12. The Hall–Kier alpha value is -2.41. The van der Waals surface area contributed by atoms with Gasteiger partial charge in [0, 0.05) is 36.5 Å². The average Bonchev–Trinajstić information content (AvgIpc) is 3.42. The van der Waals surface area contributed by atoms with Gasteiger partial charge in [-0.25, -0.2) is 4.98 Å². The second-order valence-corrected chi connectivity index (χ2v) is 10.2. The number of carboxylic acids is 1. The van der Waals surface area contributed by atoms with Crippen molar-refractivity contribution in [3.8, 4) is 10.6 Å². The molecule has 0 aliphatic carbocycles. The van der Waals surface area contributed by atoms with E-state index in [1.54, 1.807) is 22.7 Å². The van der Waals surface area contributed by atoms with Gasteiger partial charge in [0.25, 0.3) is 0 Å². The van der Waals surface area contributed by atoms with Crippen molar-refractivity contribution in [2.45, 2.75) is 25.8 Å². The molecule has 2 aromatic heterocycles. The van der Waals surface area contributed by atoms with Crippen molar-refractivity contribution in [3.05, 3.63) is 34.7 Å². The lowest BCUT2D eigenvalue weighted by molar-refractivity contribution is -0.138. The molecule has 3 heterocycles. The molecular formula is C24H30N4O5S2. The highest BCUT2D eigenvalue weighted by Gasteiger charge is 2.25. The quantitative estimate of drug-likeness (QED) is 0.240. The van der Waals surface area contributed by atoms with E-state index in [2.05, 4.69) is 22.0 Å². The van der Waals surface area contributed by atoms with E-state index < -0.39 is 5.97 Å². The van der Waals surface area contributed by atoms with Crippen molar-refractivity contribution in [2.24, 2.45) is 0 Å². The van der Waals surface area contributed by atoms with E-state index in [1.807, 2.05) is 18.2 Å². The first-order valence-corrected chi connectivity index (χ1v) is 13.3. The molecule has 11 heteroatoms. The van der Waals surface area contributed by atoms with E-state index in [9.17, 15) is 9.59 Å². The van der Waals surface area contributed by atoms with Gasteiger partial charge in [-0.2, -0.15) is 0 Å². The number of hydrogen-bond acceptors (Lipinski definition) is 9. The fraction of sp³-hybridized carbons (Fsp3) is 0.458. The van der Waals surface area contributed by atoms with E-state index in [4.69, 9.17) is 19.6 Å². The number of aliphatic carboxylic acids is 1. The number of anilines is 1. The van der Waals surface area contributed by atoms with E-state index in [0.29, 0.717) is 39.3 Å². The lowest BCUT2D eigenvalue weighted by Crippen LogP contribution is -2.25. The molecule has 9 nitrogen and oxygen atoms in total. The van der Waals surface area contributed by atoms with Crippen LogP contribution in [0.5, 0.6) is 0 Å². The lowest BCUT2D eigenvalue weighted by Gasteiger charge is -2.13. The topological polar surface area (TPSA) is 122 Å². The van der Waals surface area contributed by atoms with Gasteiger partial charge in [-0.3, -0.25) is 9.59 Å². The molecule has 188 valence electrons. The Labute approximate surface area is 211 Å². The Morgan fingerprint density at radius 3 is 2.71 bits per heavy atom. The minimum atomic E-state index is -0.872. The standard InChI is InChI=1S/C24H30N4O5S2/c29-20(6-9-25-10-12-33-14-13-32-11-7-21(30)31)28-24-22(16-5-8-26-15-19(16)35-24)23-27-17-3-1-2-4-18(17)34-23/h1-4,25-26H,5-15H2,(H,28,29)(H,30,31). The Balaban J connectivity index is 1.24. The van der Waals surface area contributed by atoms with E-state index in [0.717, 1.165) is 45.3 Å². The van der Waals surface area contributed by atoms with Crippen LogP contribution in [0.2, 0.25) is 0 Å². The maximum atomic E-state index is 12.7. The molecule has 0 radical (unpaired) electrons. The van der Waals surface area contributed by atoms with E-state index >= 15 is 0 Å². The van der Waals surface area contributed by atoms with E-state index in [-0.39, 0.29) is 18.9 Å². The second kappa shape index (κ2) is 13.1. The minimum absolute atomic E-state index is 0.00327. The molecule has 0 saturated carbocycles. The van der Waals surface area contributed by atoms with Crippen LogP contribution in [0.1, 0.15) is 23.3 Å². The summed E-state index contributed by atoms with van der Waals surface area (Å²) in [5.41, 5.74) is 3.36. The second-order valence-electron chi connectivity index (χ2n) is 8.04. The maximum Gasteiger partial charge on any atom is 0.305 e. The van der Waals surface area contributed by atoms with Crippen molar-refractivity contribution < 1.29 is 24.2 Å². The summed E-state index contributed by atoms with van der Waals surface area (Å²) in [6.45, 7) is 4.38. The number of carboxylic acid groups (broad SMARTS) is 1. The highest BCUT2D eigenvalue weighted by molar-refractivity contribution is 7.22. The number of nitrogens with one attached hydrogen (secondary N) is 3. The third-order valence-corrected chi connectivity index (χ3v) is 7.67. The third-order valence-electron chi connectivity index (χ3n) is 5.47. The Morgan fingerprint density at radius 1 is 1.06 bits per heavy atom. The molecule has 3 aromatic rings. The molecule has 0 bridgehead atoms. The molecule has 1 aliphatic heterocycles. The van der Waals surface area contributed by atoms with Gasteiger partial charge in [0.1, 0.15) is 10.0 Å². The zero-order valence-corrected chi connectivity index (χ0v) is 21.1. The zero-order chi connectivity index (χ0) is 24.5. The number of benzene rings is 1. The summed E-state index contributed by atoms with van der Waals surface area (Å²) in [6.07, 6.45) is 1.29. The monoisotopic (exact) mass is 518 g/mol. The summed E-state index contributed by atoms with van der Waals surface area (Å²) in [5.74, 6) is -0.901. The summed E-state index contributed by atoms with van der Waals surface area (Å²) >= 11 is 3.31. The van der Waals surface area contributed by atoms with Gasteiger partial charge in [0.2, 0.25) is 5.91 Å². The van der Waals surface area contributed by atoms with Crippen LogP contribution in [0, 0.1) is 0 Å². The van der Waals surface area contributed by atoms with Crippen LogP contribution >= 0.6 is 22.7 Å². The molecule has 35 heavy (non-hydrogen) atoms. The predicted molar refractivity (Wildman–Crippen MR) is 138 cm³/mol. The number of hydrogen-bond donors (Lipinski definition) is 4. The van der Waals surface area contributed by atoms with Crippen molar-refractivity contribution in [2.75, 3.05) is 51.4 Å². The van der Waals surface area contributed by atoms with Crippen LogP contribution in [0.4, 0.5) is 5.00 Å². The molecule has 0 unspecified atom stereocenters. The number of aromatic nitrogens is 1. The van der Waals surface area contributed by atoms with Crippen LogP contribution in [-0.2, 0) is 32.0 Å². The van der Waals surface area contributed by atoms with Gasteiger partial charge in [0.15, 0.2) is 0 Å². The summed E-state index contributed by atoms with van der Waals surface area (Å²) in [5, 5.41) is 20.1. The number of carbonyl (C=O) groups excluding carboxylic acids is 1. The van der Waals surface area contributed by atoms with Crippen molar-refractivity contribution in [1.29, 1.82) is 0 Å². The Kier molecular flexibility index (Phi) is 9.57. The first kappa shape index (κ1) is 25.7. The molecular weight excluding hydrogens is 488 g/mol. The minimum Gasteiger partial charge on any atom is -0.481 e. The van der Waals surface area contributed by atoms with Gasteiger partial charge in [0.05, 0.1) is 43.1 Å². The highest BCUT2D eigenvalue weighted by Crippen LogP contribution is 2.44. The number of amides is 1. The van der Waals surface area contributed by atoms with E-state index in [1.165, 1.54) is 10.4 Å². The van der Waals surface area contributed by atoms with Crippen LogP contribution < -0.4 is 16.0 Å². The molecule has 4 rings (SSSR count). The summed E-state index contributed by atoms with van der Waals surface area (Å²) in [7, 11) is 0. The molecule has 1 aliphatic rings. The van der Waals surface area contributed by atoms with Crippen LogP contribution in [0.25, 0.3) is 20.8 Å². The zero-order valence-electron chi connectivity index (χ0n) is 19.4. The summed E-state index contributed by atoms with van der Waals surface area (Å²) in [4.78, 5) is 29.2. The molecule has 1 amide bonds. The van der Waals surface area contributed by atoms with Gasteiger partial charge in [-0.05, 0) is 30.7 Å². The molecule has 0 saturated heterocycles. The Bertz CT molecular complexity index is 1110. The molecule has 0 atom stereocenters. The fourth-order valence-electron chi connectivity index (χ4n) is 3.77. The molecule has 1 aromatic carbocycles. The van der Waals surface area contributed by atoms with Crippen LogP contribution in [0.15, 0.2) is 24.3 Å². The SMILES string of the molecule is O=C(O)CCOCCOCCNCCC(=O)Nc1sc2c(c1-c1nc3ccccc3s1)CCNC2. The van der Waals surface area contributed by atoms with Gasteiger partial charge in [-0.1, -0.05) is 12.1 Å². The first-order chi connectivity index (χ1) is 17.1. The number of rotatable bonds is 14. The average molecular weight is 519 g/mol.